The number of anilines is 2. The summed E-state index contributed by atoms with van der Waals surface area (Å²) in [6.07, 6.45) is 1.36. The molecule has 4 N–H and O–H groups in total. The number of nitrogens with one attached hydrogen (secondary N) is 2. The third-order valence-electron chi connectivity index (χ3n) is 5.44. The molecule has 0 saturated carbocycles. The third-order valence-corrected chi connectivity index (χ3v) is 5.44. The highest BCUT2D eigenvalue weighted by Crippen LogP contribution is 2.18. The number of amides is 1. The van der Waals surface area contributed by atoms with Gasteiger partial charge in [0, 0.05) is 19.7 Å². The van der Waals surface area contributed by atoms with Gasteiger partial charge in [-0.05, 0) is 24.0 Å². The van der Waals surface area contributed by atoms with Crippen molar-refractivity contribution in [3.05, 3.63) is 92.6 Å². The molecule has 0 aliphatic carbocycles. The van der Waals surface area contributed by atoms with Gasteiger partial charge in [0.15, 0.2) is 0 Å². The highest BCUT2D eigenvalue weighted by Gasteiger charge is 2.20. The van der Waals surface area contributed by atoms with Crippen LogP contribution in [-0.4, -0.2) is 41.7 Å². The number of ether oxygens (including phenoxy) is 1. The van der Waals surface area contributed by atoms with E-state index in [0.29, 0.717) is 39.1 Å². The van der Waals surface area contributed by atoms with Gasteiger partial charge in [-0.25, -0.2) is 4.79 Å². The summed E-state index contributed by atoms with van der Waals surface area (Å²) in [7, 11) is 0. The second kappa shape index (κ2) is 13.1. The smallest absolute Gasteiger partial charge is 0.330 e. The molecule has 0 saturated heterocycles. The Labute approximate surface area is 204 Å². The van der Waals surface area contributed by atoms with Crippen LogP contribution in [0.25, 0.3) is 0 Å². The van der Waals surface area contributed by atoms with Gasteiger partial charge in [0.2, 0.25) is 5.91 Å². The van der Waals surface area contributed by atoms with E-state index in [1.807, 2.05) is 67.6 Å². The van der Waals surface area contributed by atoms with Gasteiger partial charge in [0.25, 0.3) is 5.56 Å². The lowest BCUT2D eigenvalue weighted by Crippen LogP contribution is -2.43. The number of H-pyrrole nitrogens is 1. The SMILES string of the molecule is CCCN(CC(=O)NCCCOCc1ccccc1)c1c(N)n(Cc2ccccc2)c(=O)[nH]c1=O. The monoisotopic (exact) mass is 479 g/mol. The molecule has 3 rings (SSSR count). The van der Waals surface area contributed by atoms with Crippen LogP contribution in [0.5, 0.6) is 0 Å². The standard InChI is InChI=1S/C26H33N5O4/c1-2-15-30(18-22(32)28-14-9-16-35-19-21-12-7-4-8-13-21)23-24(27)31(26(34)29-25(23)33)17-20-10-5-3-6-11-20/h3-8,10-13H,2,9,14-19,27H2,1H3,(H,28,32)(H,29,33,34). The summed E-state index contributed by atoms with van der Waals surface area (Å²) in [6.45, 7) is 4.04. The maximum absolute atomic E-state index is 12.7. The molecular formula is C26H33N5O4. The summed E-state index contributed by atoms with van der Waals surface area (Å²) in [5, 5.41) is 2.86. The second-order valence-corrected chi connectivity index (χ2v) is 8.23. The Balaban J connectivity index is 1.60. The normalized spacial score (nSPS) is 10.8. The summed E-state index contributed by atoms with van der Waals surface area (Å²) in [4.78, 5) is 41.7. The quantitative estimate of drug-likeness (QED) is 0.323. The Bertz CT molecular complexity index is 1190. The molecule has 0 unspecified atom stereocenters. The molecule has 0 spiro atoms. The molecule has 1 aromatic heterocycles. The zero-order chi connectivity index (χ0) is 25.0. The van der Waals surface area contributed by atoms with E-state index in [9.17, 15) is 14.4 Å². The molecule has 9 heteroatoms. The number of nitrogens with two attached hydrogens (primary N) is 1. The first-order valence-corrected chi connectivity index (χ1v) is 11.8. The minimum Gasteiger partial charge on any atom is -0.383 e. The van der Waals surface area contributed by atoms with Crippen molar-refractivity contribution in [3.8, 4) is 0 Å². The topological polar surface area (TPSA) is 122 Å². The fourth-order valence-electron chi connectivity index (χ4n) is 3.74. The molecule has 0 aliphatic heterocycles. The van der Waals surface area contributed by atoms with E-state index in [0.717, 1.165) is 11.1 Å². The van der Waals surface area contributed by atoms with Gasteiger partial charge in [0.1, 0.15) is 11.5 Å². The van der Waals surface area contributed by atoms with E-state index >= 15 is 0 Å². The number of hydrogen-bond acceptors (Lipinski definition) is 6. The molecule has 0 bridgehead atoms. The first-order valence-electron chi connectivity index (χ1n) is 11.8. The van der Waals surface area contributed by atoms with Crippen LogP contribution >= 0.6 is 0 Å². The highest BCUT2D eigenvalue weighted by atomic mass is 16.5. The van der Waals surface area contributed by atoms with Crippen molar-refractivity contribution in [2.45, 2.75) is 32.9 Å². The lowest BCUT2D eigenvalue weighted by Gasteiger charge is -2.25. The number of aromatic amines is 1. The molecule has 0 fully saturated rings. The average Bonchev–Trinajstić information content (AvgIpc) is 2.85. The van der Waals surface area contributed by atoms with Crippen LogP contribution in [0.1, 0.15) is 30.9 Å². The maximum Gasteiger partial charge on any atom is 0.330 e. The van der Waals surface area contributed by atoms with Gasteiger partial charge >= 0.3 is 5.69 Å². The van der Waals surface area contributed by atoms with Crippen LogP contribution in [0.15, 0.2) is 70.3 Å². The number of nitrogens with zero attached hydrogens (tertiary/aromatic N) is 2. The van der Waals surface area contributed by atoms with Gasteiger partial charge in [-0.2, -0.15) is 0 Å². The Kier molecular flexibility index (Phi) is 9.68. The molecule has 186 valence electrons. The van der Waals surface area contributed by atoms with Crippen LogP contribution in [-0.2, 0) is 22.7 Å². The maximum atomic E-state index is 12.7. The van der Waals surface area contributed by atoms with Crippen molar-refractivity contribution in [2.24, 2.45) is 0 Å². The van der Waals surface area contributed by atoms with Gasteiger partial charge in [-0.1, -0.05) is 67.6 Å². The molecule has 1 amide bonds. The summed E-state index contributed by atoms with van der Waals surface area (Å²) in [5.74, 6) is -0.195. The predicted octanol–water partition coefficient (Wildman–Crippen LogP) is 2.11. The van der Waals surface area contributed by atoms with E-state index in [4.69, 9.17) is 10.5 Å². The number of carbonyl (C=O) groups excluding carboxylic acids is 1. The summed E-state index contributed by atoms with van der Waals surface area (Å²) in [6, 6.07) is 19.2. The Morgan fingerprint density at radius 1 is 1.06 bits per heavy atom. The minimum atomic E-state index is -0.604. The molecular weight excluding hydrogens is 446 g/mol. The summed E-state index contributed by atoms with van der Waals surface area (Å²) < 4.78 is 6.96. The molecule has 35 heavy (non-hydrogen) atoms. The molecule has 0 atom stereocenters. The highest BCUT2D eigenvalue weighted by molar-refractivity contribution is 5.82. The molecule has 0 aliphatic rings. The van der Waals surface area contributed by atoms with Crippen molar-refractivity contribution in [3.63, 3.8) is 0 Å². The van der Waals surface area contributed by atoms with Crippen LogP contribution in [0.3, 0.4) is 0 Å². The second-order valence-electron chi connectivity index (χ2n) is 8.23. The van der Waals surface area contributed by atoms with E-state index in [-0.39, 0.29) is 30.5 Å². The predicted molar refractivity (Wildman–Crippen MR) is 138 cm³/mol. The first kappa shape index (κ1) is 25.8. The number of carbonyl (C=O) groups is 1. The van der Waals surface area contributed by atoms with E-state index < -0.39 is 11.2 Å². The fraction of sp³-hybridized carbons (Fsp3) is 0.346. The number of hydrogen-bond donors (Lipinski definition) is 3. The molecule has 1 heterocycles. The van der Waals surface area contributed by atoms with Crippen molar-refractivity contribution in [1.29, 1.82) is 0 Å². The Hall–Kier alpha value is -3.85. The van der Waals surface area contributed by atoms with Gasteiger partial charge in [0.05, 0.1) is 19.7 Å². The fourth-order valence-corrected chi connectivity index (χ4v) is 3.74. The average molecular weight is 480 g/mol. The third kappa shape index (κ3) is 7.58. The molecule has 3 aromatic rings. The van der Waals surface area contributed by atoms with Gasteiger partial charge in [-0.15, -0.1) is 0 Å². The molecule has 0 radical (unpaired) electrons. The van der Waals surface area contributed by atoms with Crippen LogP contribution in [0.4, 0.5) is 11.5 Å². The van der Waals surface area contributed by atoms with Crippen LogP contribution in [0, 0.1) is 0 Å². The van der Waals surface area contributed by atoms with E-state index in [2.05, 4.69) is 10.3 Å². The first-order chi connectivity index (χ1) is 17.0. The largest absolute Gasteiger partial charge is 0.383 e. The Morgan fingerprint density at radius 2 is 1.71 bits per heavy atom. The van der Waals surface area contributed by atoms with Crippen LogP contribution in [0.2, 0.25) is 0 Å². The molecule has 9 nitrogen and oxygen atoms in total. The lowest BCUT2D eigenvalue weighted by molar-refractivity contribution is -0.119. The Morgan fingerprint density at radius 3 is 2.37 bits per heavy atom. The lowest BCUT2D eigenvalue weighted by atomic mass is 10.2. The van der Waals surface area contributed by atoms with Gasteiger partial charge < -0.3 is 20.7 Å². The van der Waals surface area contributed by atoms with Crippen molar-refractivity contribution < 1.29 is 9.53 Å². The minimum absolute atomic E-state index is 0.0400. The zero-order valence-corrected chi connectivity index (χ0v) is 20.0. The van der Waals surface area contributed by atoms with E-state index in [1.54, 1.807) is 4.90 Å². The number of benzene rings is 2. The summed E-state index contributed by atoms with van der Waals surface area (Å²) in [5.41, 5.74) is 7.20. The van der Waals surface area contributed by atoms with Crippen molar-refractivity contribution in [2.75, 3.05) is 36.9 Å². The van der Waals surface area contributed by atoms with Crippen molar-refractivity contribution >= 4 is 17.4 Å². The van der Waals surface area contributed by atoms with Crippen LogP contribution < -0.4 is 27.2 Å². The van der Waals surface area contributed by atoms with Gasteiger partial charge in [-0.3, -0.25) is 19.1 Å². The summed E-state index contributed by atoms with van der Waals surface area (Å²) >= 11 is 0. The van der Waals surface area contributed by atoms with Crippen molar-refractivity contribution in [1.82, 2.24) is 14.9 Å². The molecule has 2 aromatic carbocycles. The number of aromatic nitrogens is 2. The number of rotatable bonds is 13. The number of nitrogen functional groups attached to an aromatic ring is 1. The zero-order valence-electron chi connectivity index (χ0n) is 20.0. The van der Waals surface area contributed by atoms with E-state index in [1.165, 1.54) is 4.57 Å².